The van der Waals surface area contributed by atoms with E-state index in [0.29, 0.717) is 17.1 Å². The summed E-state index contributed by atoms with van der Waals surface area (Å²) >= 11 is 1.46. The summed E-state index contributed by atoms with van der Waals surface area (Å²) in [5, 5.41) is 9.56. The Morgan fingerprint density at radius 1 is 1.14 bits per heavy atom. The van der Waals surface area contributed by atoms with Gasteiger partial charge < -0.3 is 24.2 Å². The van der Waals surface area contributed by atoms with Crippen LogP contribution in [0.3, 0.4) is 0 Å². The Hall–Kier alpha value is -2.91. The normalized spacial score (nSPS) is 31.3. The Kier molecular flexibility index (Phi) is 6.00. The summed E-state index contributed by atoms with van der Waals surface area (Å²) in [5.74, 6) is -0.0450. The molecule has 1 aromatic carbocycles. The molecule has 186 valence electrons. The molecule has 0 aromatic heterocycles. The zero-order chi connectivity index (χ0) is 25.9. The molecule has 0 aliphatic carbocycles. The molecule has 12 heteroatoms. The van der Waals surface area contributed by atoms with E-state index in [1.807, 2.05) is 0 Å². The second-order valence-corrected chi connectivity index (χ2v) is 12.2. The molecule has 2 fully saturated rings. The number of piperazine rings is 1. The average molecular weight is 519 g/mol. The Labute approximate surface area is 211 Å². The molecule has 3 aliphatic heterocycles. The predicted molar refractivity (Wildman–Crippen MR) is 129 cm³/mol. The van der Waals surface area contributed by atoms with Crippen LogP contribution >= 0.6 is 23.5 Å². The summed E-state index contributed by atoms with van der Waals surface area (Å²) in [6.45, 7) is 4.57. The van der Waals surface area contributed by atoms with Crippen molar-refractivity contribution in [2.24, 2.45) is 5.41 Å². The van der Waals surface area contributed by atoms with Gasteiger partial charge in [0.25, 0.3) is 17.1 Å². The van der Waals surface area contributed by atoms with E-state index in [0.717, 1.165) is 23.5 Å². The predicted octanol–water partition coefficient (Wildman–Crippen LogP) is 2.80. The maximum Gasteiger partial charge on any atom is 0.283 e. The van der Waals surface area contributed by atoms with Gasteiger partial charge in [0.2, 0.25) is 6.79 Å². The molecule has 3 amide bonds. The fraction of sp³-hybridized carbons (Fsp3) is 0.522. The lowest BCUT2D eigenvalue weighted by molar-refractivity contribution is -0.163. The standard InChI is InChI=1S/C23H26N4O6S2/c1-13(28)34-22(3)18(29)27-17(14-7-8-15-16(9-14)33-12-32-15)21(2,11-24)10-23(27,19(30)26(22)6)35-20(31)25(4)5/h7-9,17H,10,12H2,1-6H3/t17-,21+,22-,23-/m0/s1. The molecule has 0 N–H and O–H groups in total. The van der Waals surface area contributed by atoms with Gasteiger partial charge in [0.15, 0.2) is 26.4 Å². The van der Waals surface area contributed by atoms with Crippen LogP contribution in [0.1, 0.15) is 38.8 Å². The minimum atomic E-state index is -1.67. The van der Waals surface area contributed by atoms with Crippen LogP contribution in [-0.4, -0.2) is 74.5 Å². The second-order valence-electron chi connectivity index (χ2n) is 9.38. The second kappa shape index (κ2) is 8.34. The van der Waals surface area contributed by atoms with Crippen molar-refractivity contribution < 1.29 is 28.7 Å². The number of fused-ring (bicyclic) bond motifs is 2. The zero-order valence-electron chi connectivity index (χ0n) is 20.3. The number of benzene rings is 1. The maximum absolute atomic E-state index is 14.3. The van der Waals surface area contributed by atoms with Crippen molar-refractivity contribution >= 4 is 45.7 Å². The molecule has 35 heavy (non-hydrogen) atoms. The number of amides is 3. The molecule has 0 bridgehead atoms. The third-order valence-corrected chi connectivity index (χ3v) is 9.21. The number of carbonyl (C=O) groups is 4. The lowest BCUT2D eigenvalue weighted by Crippen LogP contribution is -2.71. The van der Waals surface area contributed by atoms with E-state index in [2.05, 4.69) is 6.07 Å². The number of nitriles is 1. The van der Waals surface area contributed by atoms with Crippen molar-refractivity contribution in [2.75, 3.05) is 27.9 Å². The summed E-state index contributed by atoms with van der Waals surface area (Å²) in [7, 11) is 4.56. The minimum Gasteiger partial charge on any atom is -0.454 e. The van der Waals surface area contributed by atoms with Crippen molar-refractivity contribution in [1.29, 1.82) is 5.26 Å². The topological polar surface area (TPSA) is 120 Å². The first kappa shape index (κ1) is 25.2. The van der Waals surface area contributed by atoms with Gasteiger partial charge in [0.05, 0.1) is 17.5 Å². The number of likely N-dealkylation sites (N-methyl/N-ethyl adjacent to an activating group) is 1. The number of carbonyl (C=O) groups excluding carboxylic acids is 4. The molecule has 4 atom stereocenters. The van der Waals surface area contributed by atoms with Crippen molar-refractivity contribution in [3.05, 3.63) is 23.8 Å². The fourth-order valence-corrected chi connectivity index (χ4v) is 7.23. The highest BCUT2D eigenvalue weighted by molar-refractivity contribution is 8.16. The summed E-state index contributed by atoms with van der Waals surface area (Å²) in [6, 6.07) is 6.55. The average Bonchev–Trinajstić information content (AvgIpc) is 3.36. The Morgan fingerprint density at radius 2 is 1.80 bits per heavy atom. The molecule has 0 saturated carbocycles. The van der Waals surface area contributed by atoms with E-state index >= 15 is 0 Å². The van der Waals surface area contributed by atoms with Crippen LogP contribution < -0.4 is 9.47 Å². The van der Waals surface area contributed by atoms with Gasteiger partial charge in [-0.05, 0) is 43.3 Å². The monoisotopic (exact) mass is 518 g/mol. The highest BCUT2D eigenvalue weighted by Gasteiger charge is 2.72. The molecule has 0 spiro atoms. The van der Waals surface area contributed by atoms with E-state index in [1.165, 1.54) is 35.6 Å². The quantitative estimate of drug-likeness (QED) is 0.595. The number of ether oxygens (including phenoxy) is 2. The third-order valence-electron chi connectivity index (χ3n) is 6.68. The highest BCUT2D eigenvalue weighted by Crippen LogP contribution is 2.62. The van der Waals surface area contributed by atoms with Crippen molar-refractivity contribution in [3.63, 3.8) is 0 Å². The number of rotatable bonds is 3. The van der Waals surface area contributed by atoms with Gasteiger partial charge in [-0.3, -0.25) is 19.2 Å². The van der Waals surface area contributed by atoms with Gasteiger partial charge in [0.1, 0.15) is 0 Å². The van der Waals surface area contributed by atoms with Gasteiger partial charge in [-0.25, -0.2) is 0 Å². The van der Waals surface area contributed by atoms with Gasteiger partial charge in [0, 0.05) is 34.5 Å². The summed E-state index contributed by atoms with van der Waals surface area (Å²) < 4.78 is 10.9. The summed E-state index contributed by atoms with van der Waals surface area (Å²) in [4.78, 5) is 54.1. The van der Waals surface area contributed by atoms with Crippen LogP contribution in [0.2, 0.25) is 0 Å². The smallest absolute Gasteiger partial charge is 0.283 e. The number of thioether (sulfide) groups is 2. The van der Waals surface area contributed by atoms with Gasteiger partial charge >= 0.3 is 0 Å². The number of hydrogen-bond acceptors (Lipinski definition) is 9. The Balaban J connectivity index is 1.96. The molecule has 2 saturated heterocycles. The number of hydrogen-bond donors (Lipinski definition) is 0. The largest absolute Gasteiger partial charge is 0.454 e. The highest BCUT2D eigenvalue weighted by atomic mass is 32.2. The first-order chi connectivity index (χ1) is 16.3. The van der Waals surface area contributed by atoms with Gasteiger partial charge in [-0.2, -0.15) is 5.26 Å². The van der Waals surface area contributed by atoms with E-state index in [4.69, 9.17) is 9.47 Å². The van der Waals surface area contributed by atoms with Crippen molar-refractivity contribution in [2.45, 2.75) is 43.0 Å². The van der Waals surface area contributed by atoms with E-state index in [-0.39, 0.29) is 18.3 Å². The molecular formula is C23H26N4O6S2. The van der Waals surface area contributed by atoms with Crippen molar-refractivity contribution in [1.82, 2.24) is 14.7 Å². The Bertz CT molecular complexity index is 1190. The molecule has 4 rings (SSSR count). The molecule has 10 nitrogen and oxygen atoms in total. The van der Waals surface area contributed by atoms with Gasteiger partial charge in [-0.1, -0.05) is 17.8 Å². The van der Waals surface area contributed by atoms with E-state index < -0.39 is 38.3 Å². The summed E-state index contributed by atoms with van der Waals surface area (Å²) in [6.07, 6.45) is -0.0738. The fourth-order valence-electron chi connectivity index (χ4n) is 4.91. The van der Waals surface area contributed by atoms with E-state index in [1.54, 1.807) is 39.2 Å². The third kappa shape index (κ3) is 3.63. The molecule has 3 aliphatic rings. The molecule has 0 radical (unpaired) electrons. The molecule has 3 heterocycles. The lowest BCUT2D eigenvalue weighted by Gasteiger charge is -2.52. The van der Waals surface area contributed by atoms with Crippen LogP contribution in [-0.2, 0) is 14.4 Å². The lowest BCUT2D eigenvalue weighted by atomic mass is 9.79. The van der Waals surface area contributed by atoms with Crippen LogP contribution in [0.15, 0.2) is 18.2 Å². The van der Waals surface area contributed by atoms with Crippen molar-refractivity contribution in [3.8, 4) is 17.6 Å². The van der Waals surface area contributed by atoms with Crippen LogP contribution in [0.4, 0.5) is 4.79 Å². The SMILES string of the molecule is CC(=O)S[C@@]1(C)C(=O)N2[C@@H](c3ccc4c(c3)OCO4)[C@@](C)(C#N)C[C@]2(SC(=O)N(C)C)C(=O)N1C. The van der Waals surface area contributed by atoms with Crippen LogP contribution in [0.25, 0.3) is 0 Å². The molecular weight excluding hydrogens is 492 g/mol. The van der Waals surface area contributed by atoms with Crippen LogP contribution in [0.5, 0.6) is 11.5 Å². The Morgan fingerprint density at radius 3 is 2.40 bits per heavy atom. The zero-order valence-corrected chi connectivity index (χ0v) is 21.9. The van der Waals surface area contributed by atoms with Crippen LogP contribution in [0, 0.1) is 16.7 Å². The molecule has 1 aromatic rings. The minimum absolute atomic E-state index is 0.0509. The first-order valence-corrected chi connectivity index (χ1v) is 12.5. The first-order valence-electron chi connectivity index (χ1n) is 10.8. The van der Waals surface area contributed by atoms with E-state index in [9.17, 15) is 24.4 Å². The maximum atomic E-state index is 14.3. The number of nitrogens with zero attached hydrogens (tertiary/aromatic N) is 4. The summed E-state index contributed by atoms with van der Waals surface area (Å²) in [5.41, 5.74) is -0.662. The molecule has 0 unspecified atom stereocenters. The van der Waals surface area contributed by atoms with Gasteiger partial charge in [-0.15, -0.1) is 0 Å².